The number of methoxy groups -OCH3 is 1. The fraction of sp³-hybridized carbons (Fsp3) is 0.259. The Morgan fingerprint density at radius 1 is 1.16 bits per heavy atom. The largest absolute Gasteiger partial charge is 0.493 e. The first-order chi connectivity index (χ1) is 18.0. The third kappa shape index (κ3) is 4.98. The van der Waals surface area contributed by atoms with Gasteiger partial charge in [-0.1, -0.05) is 12.1 Å². The number of hydrogen-bond acceptors (Lipinski definition) is 7. The maximum Gasteiger partial charge on any atom is 0.198 e. The number of ether oxygens (including phenoxy) is 3. The van der Waals surface area contributed by atoms with Crippen molar-refractivity contribution in [3.8, 4) is 17.2 Å². The number of carbonyl (C=O) groups is 1. The average molecular weight is 509 g/mol. The van der Waals surface area contributed by atoms with E-state index in [1.807, 2.05) is 0 Å². The molecule has 0 spiro atoms. The van der Waals surface area contributed by atoms with Gasteiger partial charge < -0.3 is 30.2 Å². The molecular formula is C27H26F2N4O4. The van der Waals surface area contributed by atoms with E-state index in [2.05, 4.69) is 15.3 Å². The van der Waals surface area contributed by atoms with Crippen LogP contribution in [0, 0.1) is 11.6 Å². The van der Waals surface area contributed by atoms with E-state index in [1.54, 1.807) is 12.3 Å². The van der Waals surface area contributed by atoms with E-state index >= 15 is 4.39 Å². The van der Waals surface area contributed by atoms with E-state index in [0.29, 0.717) is 35.6 Å². The first-order valence-electron chi connectivity index (χ1n) is 11.9. The molecule has 37 heavy (non-hydrogen) atoms. The van der Waals surface area contributed by atoms with Crippen molar-refractivity contribution in [1.82, 2.24) is 9.97 Å². The molecule has 1 saturated heterocycles. The molecule has 5 rings (SSSR count). The van der Waals surface area contributed by atoms with E-state index in [4.69, 9.17) is 19.9 Å². The van der Waals surface area contributed by atoms with E-state index in [-0.39, 0.29) is 34.8 Å². The average Bonchev–Trinajstić information content (AvgIpc) is 3.35. The van der Waals surface area contributed by atoms with Gasteiger partial charge in [0.15, 0.2) is 23.1 Å². The highest BCUT2D eigenvalue weighted by atomic mass is 19.1. The second-order valence-electron chi connectivity index (χ2n) is 8.74. The summed E-state index contributed by atoms with van der Waals surface area (Å²) in [5.74, 6) is -1.47. The first kappa shape index (κ1) is 24.7. The van der Waals surface area contributed by atoms with Crippen LogP contribution in [0.1, 0.15) is 28.8 Å². The minimum absolute atomic E-state index is 0.0233. The van der Waals surface area contributed by atoms with Crippen LogP contribution in [0.5, 0.6) is 17.2 Å². The molecule has 8 nitrogen and oxygen atoms in total. The van der Waals surface area contributed by atoms with Gasteiger partial charge >= 0.3 is 0 Å². The highest BCUT2D eigenvalue weighted by Crippen LogP contribution is 2.37. The summed E-state index contributed by atoms with van der Waals surface area (Å²) in [7, 11) is 1.51. The van der Waals surface area contributed by atoms with Gasteiger partial charge in [0.2, 0.25) is 0 Å². The number of pyridine rings is 1. The van der Waals surface area contributed by atoms with Crippen LogP contribution in [0.2, 0.25) is 0 Å². The second kappa shape index (κ2) is 10.5. The number of fused-ring (bicyclic) bond motifs is 1. The van der Waals surface area contributed by atoms with Crippen LogP contribution in [-0.4, -0.2) is 48.2 Å². The number of ketones is 1. The van der Waals surface area contributed by atoms with Gasteiger partial charge in [-0.15, -0.1) is 0 Å². The molecule has 1 aliphatic heterocycles. The van der Waals surface area contributed by atoms with Gasteiger partial charge in [-0.05, 0) is 37.1 Å². The number of benzene rings is 2. The molecule has 10 heteroatoms. The third-order valence-electron chi connectivity index (χ3n) is 6.36. The molecule has 0 unspecified atom stereocenters. The molecule has 1 aliphatic rings. The topological polar surface area (TPSA) is 111 Å². The number of para-hydroxylation sites is 1. The number of rotatable bonds is 8. The molecule has 1 fully saturated rings. The number of aromatic amines is 1. The number of nitrogens with zero attached hydrogens (tertiary/aromatic N) is 1. The van der Waals surface area contributed by atoms with E-state index in [1.165, 1.54) is 43.6 Å². The molecule has 4 N–H and O–H groups in total. The molecule has 0 aliphatic carbocycles. The van der Waals surface area contributed by atoms with E-state index in [9.17, 15) is 9.18 Å². The molecule has 0 saturated carbocycles. The van der Waals surface area contributed by atoms with Crippen LogP contribution in [-0.2, 0) is 4.74 Å². The standard InChI is InChI=1S/C27H26F2N4O4/c1-35-23-13-32-27-24(25(23)33-15-6-7-17(11-30)36-14-15)19(12-31-27)26(34)18-9-8-16(10-21(18)29)37-22-5-3-2-4-20(22)28/h2-5,8-10,12-13,15,17H,6-7,11,14,30H2,1H3,(H2,31,32,33)/t15-,17+/m1/s1. The van der Waals surface area contributed by atoms with Crippen molar-refractivity contribution in [2.75, 3.05) is 25.6 Å². The van der Waals surface area contributed by atoms with Gasteiger partial charge in [0.05, 0.1) is 48.2 Å². The van der Waals surface area contributed by atoms with Crippen molar-refractivity contribution in [3.05, 3.63) is 77.6 Å². The van der Waals surface area contributed by atoms with Crippen molar-refractivity contribution in [2.45, 2.75) is 25.0 Å². The number of nitrogens with one attached hydrogen (secondary N) is 2. The Morgan fingerprint density at radius 3 is 2.70 bits per heavy atom. The highest BCUT2D eigenvalue weighted by molar-refractivity contribution is 6.19. The van der Waals surface area contributed by atoms with Crippen molar-refractivity contribution in [2.24, 2.45) is 5.73 Å². The Bertz CT molecular complexity index is 1430. The zero-order valence-electron chi connectivity index (χ0n) is 20.1. The van der Waals surface area contributed by atoms with Gasteiger partial charge in [-0.2, -0.15) is 0 Å². The van der Waals surface area contributed by atoms with Crippen LogP contribution >= 0.6 is 0 Å². The lowest BCUT2D eigenvalue weighted by atomic mass is 10.0. The van der Waals surface area contributed by atoms with Gasteiger partial charge in [-0.25, -0.2) is 13.8 Å². The van der Waals surface area contributed by atoms with Crippen molar-refractivity contribution in [1.29, 1.82) is 0 Å². The zero-order valence-corrected chi connectivity index (χ0v) is 20.1. The molecule has 2 aromatic carbocycles. The van der Waals surface area contributed by atoms with Gasteiger partial charge in [-0.3, -0.25) is 4.79 Å². The van der Waals surface area contributed by atoms with Crippen molar-refractivity contribution in [3.63, 3.8) is 0 Å². The van der Waals surface area contributed by atoms with Gasteiger partial charge in [0, 0.05) is 24.8 Å². The third-order valence-corrected chi connectivity index (χ3v) is 6.36. The molecular weight excluding hydrogens is 482 g/mol. The fourth-order valence-corrected chi connectivity index (χ4v) is 4.41. The summed E-state index contributed by atoms with van der Waals surface area (Å²) in [4.78, 5) is 20.8. The first-order valence-corrected chi connectivity index (χ1v) is 11.9. The zero-order chi connectivity index (χ0) is 25.9. The summed E-state index contributed by atoms with van der Waals surface area (Å²) in [6.07, 6.45) is 4.69. The number of nitrogens with two attached hydrogens (primary N) is 1. The van der Waals surface area contributed by atoms with E-state index < -0.39 is 17.4 Å². The number of carbonyl (C=O) groups excluding carboxylic acids is 1. The minimum Gasteiger partial charge on any atom is -0.493 e. The lowest BCUT2D eigenvalue weighted by molar-refractivity contribution is 0.0153. The predicted molar refractivity (Wildman–Crippen MR) is 134 cm³/mol. The lowest BCUT2D eigenvalue weighted by Crippen LogP contribution is -2.38. The number of anilines is 1. The molecule has 0 radical (unpaired) electrons. The van der Waals surface area contributed by atoms with E-state index in [0.717, 1.165) is 18.9 Å². The molecule has 2 atom stereocenters. The van der Waals surface area contributed by atoms with Crippen LogP contribution in [0.3, 0.4) is 0 Å². The summed E-state index contributed by atoms with van der Waals surface area (Å²) in [5.41, 5.74) is 6.79. The summed E-state index contributed by atoms with van der Waals surface area (Å²) in [5, 5.41) is 3.91. The Labute approximate surface area is 211 Å². The van der Waals surface area contributed by atoms with Crippen LogP contribution in [0.15, 0.2) is 54.9 Å². The number of H-pyrrole nitrogens is 1. The van der Waals surface area contributed by atoms with Gasteiger partial charge in [0.1, 0.15) is 17.2 Å². The Morgan fingerprint density at radius 2 is 2.00 bits per heavy atom. The normalized spacial score (nSPS) is 17.5. The fourth-order valence-electron chi connectivity index (χ4n) is 4.41. The SMILES string of the molecule is COc1cnc2[nH]cc(C(=O)c3ccc(Oc4ccccc4F)cc3F)c2c1N[C@@H]1CC[C@@H](CN)OC1. The maximum absolute atomic E-state index is 15.1. The molecule has 2 aromatic heterocycles. The molecule has 4 aromatic rings. The summed E-state index contributed by atoms with van der Waals surface area (Å²) in [6.45, 7) is 0.905. The molecule has 0 amide bonds. The monoisotopic (exact) mass is 508 g/mol. The number of aromatic nitrogens is 2. The molecule has 0 bridgehead atoms. The Hall–Kier alpha value is -4.02. The smallest absolute Gasteiger partial charge is 0.198 e. The Kier molecular flexibility index (Phi) is 7.02. The summed E-state index contributed by atoms with van der Waals surface area (Å²) >= 11 is 0. The summed E-state index contributed by atoms with van der Waals surface area (Å²) < 4.78 is 45.8. The molecule has 3 heterocycles. The summed E-state index contributed by atoms with van der Waals surface area (Å²) in [6, 6.07) is 9.56. The predicted octanol–water partition coefficient (Wildman–Crippen LogP) is 4.79. The Balaban J connectivity index is 1.46. The minimum atomic E-state index is -0.799. The quantitative estimate of drug-likeness (QED) is 0.294. The second-order valence-corrected chi connectivity index (χ2v) is 8.74. The van der Waals surface area contributed by atoms with Crippen molar-refractivity contribution < 1.29 is 27.8 Å². The van der Waals surface area contributed by atoms with Crippen LogP contribution in [0.25, 0.3) is 11.0 Å². The number of hydrogen-bond donors (Lipinski definition) is 3. The van der Waals surface area contributed by atoms with Crippen LogP contribution in [0.4, 0.5) is 14.5 Å². The van der Waals surface area contributed by atoms with Crippen molar-refractivity contribution >= 4 is 22.5 Å². The maximum atomic E-state index is 15.1. The van der Waals surface area contributed by atoms with Gasteiger partial charge in [0.25, 0.3) is 0 Å². The lowest BCUT2D eigenvalue weighted by Gasteiger charge is -2.30. The van der Waals surface area contributed by atoms with Crippen LogP contribution < -0.4 is 20.5 Å². The number of halogens is 2. The molecule has 192 valence electrons. The highest BCUT2D eigenvalue weighted by Gasteiger charge is 2.26.